The number of benzene rings is 2. The van der Waals surface area contributed by atoms with Crippen LogP contribution in [0, 0.1) is 0 Å². The zero-order chi connectivity index (χ0) is 12.1. The molecular weight excluding hydrogens is 280 g/mol. The highest BCUT2D eigenvalue weighted by atomic mass is 79.9. The molecule has 0 fully saturated rings. The lowest BCUT2D eigenvalue weighted by molar-refractivity contribution is -0.0562. The van der Waals surface area contributed by atoms with Crippen LogP contribution in [0.15, 0.2) is 59.1 Å². The number of halogens is 1. The van der Waals surface area contributed by atoms with Gasteiger partial charge in [-0.1, -0.05) is 46.3 Å². The molecule has 1 atom stereocenters. The van der Waals surface area contributed by atoms with Crippen molar-refractivity contribution in [3.8, 4) is 5.75 Å². The Balaban J connectivity index is 2.13. The first kappa shape index (κ1) is 12.1. The molecule has 0 aromatic heterocycles. The molecule has 0 amide bonds. The van der Waals surface area contributed by atoms with Crippen LogP contribution in [0.5, 0.6) is 5.75 Å². The summed E-state index contributed by atoms with van der Waals surface area (Å²) in [4.78, 5) is 0. The highest BCUT2D eigenvalue weighted by molar-refractivity contribution is 9.10. The van der Waals surface area contributed by atoms with Crippen molar-refractivity contribution >= 4 is 15.9 Å². The molecule has 0 radical (unpaired) electrons. The van der Waals surface area contributed by atoms with E-state index in [-0.39, 0.29) is 6.29 Å². The van der Waals surface area contributed by atoms with Crippen LogP contribution in [-0.4, -0.2) is 7.11 Å². The Morgan fingerprint density at radius 1 is 0.941 bits per heavy atom. The third-order valence-electron chi connectivity index (χ3n) is 2.34. The van der Waals surface area contributed by atoms with Gasteiger partial charge in [-0.2, -0.15) is 0 Å². The molecule has 17 heavy (non-hydrogen) atoms. The molecule has 0 aliphatic heterocycles. The van der Waals surface area contributed by atoms with Gasteiger partial charge in [0.25, 0.3) is 0 Å². The summed E-state index contributed by atoms with van der Waals surface area (Å²) in [7, 11) is 1.64. The first-order chi connectivity index (χ1) is 8.29. The molecular formula is C14H13BrO2. The molecule has 0 aliphatic rings. The van der Waals surface area contributed by atoms with Crippen molar-refractivity contribution in [2.24, 2.45) is 0 Å². The minimum absolute atomic E-state index is 0.377. The molecule has 1 unspecified atom stereocenters. The molecule has 2 aromatic rings. The number of hydrogen-bond acceptors (Lipinski definition) is 2. The van der Waals surface area contributed by atoms with Crippen LogP contribution in [-0.2, 0) is 4.74 Å². The average Bonchev–Trinajstić information content (AvgIpc) is 2.39. The maximum atomic E-state index is 5.76. The second-order valence-corrected chi connectivity index (χ2v) is 4.47. The zero-order valence-electron chi connectivity index (χ0n) is 9.47. The predicted octanol–water partition coefficient (Wildman–Crippen LogP) is 4.17. The number of methoxy groups -OCH3 is 1. The van der Waals surface area contributed by atoms with E-state index in [4.69, 9.17) is 9.47 Å². The molecule has 2 nitrogen and oxygen atoms in total. The van der Waals surface area contributed by atoms with Gasteiger partial charge in [0.15, 0.2) is 0 Å². The highest BCUT2D eigenvalue weighted by Gasteiger charge is 2.11. The Morgan fingerprint density at radius 2 is 1.59 bits per heavy atom. The molecule has 0 spiro atoms. The van der Waals surface area contributed by atoms with E-state index in [9.17, 15) is 0 Å². The summed E-state index contributed by atoms with van der Waals surface area (Å²) in [5.74, 6) is 0.781. The van der Waals surface area contributed by atoms with E-state index in [1.165, 1.54) is 0 Å². The molecule has 2 aromatic carbocycles. The van der Waals surface area contributed by atoms with Gasteiger partial charge in [-0.3, -0.25) is 0 Å². The molecule has 0 bridgehead atoms. The first-order valence-corrected chi connectivity index (χ1v) is 6.09. The van der Waals surface area contributed by atoms with Gasteiger partial charge in [0, 0.05) is 17.1 Å². The van der Waals surface area contributed by atoms with Crippen molar-refractivity contribution in [2.45, 2.75) is 6.29 Å². The van der Waals surface area contributed by atoms with Crippen LogP contribution >= 0.6 is 15.9 Å². The normalized spacial score (nSPS) is 12.1. The monoisotopic (exact) mass is 292 g/mol. The first-order valence-electron chi connectivity index (χ1n) is 5.29. The summed E-state index contributed by atoms with van der Waals surface area (Å²) < 4.78 is 12.1. The summed E-state index contributed by atoms with van der Waals surface area (Å²) in [5, 5.41) is 0. The standard InChI is InChI=1S/C14H13BrO2/c1-16-14(11-5-3-2-4-6-11)17-13-9-7-12(15)8-10-13/h2-10,14H,1H3. The molecule has 3 heteroatoms. The largest absolute Gasteiger partial charge is 0.461 e. The topological polar surface area (TPSA) is 18.5 Å². The summed E-state index contributed by atoms with van der Waals surface area (Å²) in [6.07, 6.45) is -0.377. The quantitative estimate of drug-likeness (QED) is 0.788. The van der Waals surface area contributed by atoms with E-state index < -0.39 is 0 Å². The van der Waals surface area contributed by atoms with Crippen molar-refractivity contribution in [1.82, 2.24) is 0 Å². The Morgan fingerprint density at radius 3 is 2.18 bits per heavy atom. The zero-order valence-corrected chi connectivity index (χ0v) is 11.1. The SMILES string of the molecule is COC(Oc1ccc(Br)cc1)c1ccccc1. The van der Waals surface area contributed by atoms with Crippen molar-refractivity contribution in [1.29, 1.82) is 0 Å². The van der Waals surface area contributed by atoms with Crippen molar-refractivity contribution in [3.05, 3.63) is 64.6 Å². The van der Waals surface area contributed by atoms with Gasteiger partial charge in [0.1, 0.15) is 5.75 Å². The minimum atomic E-state index is -0.377. The Labute approximate surface area is 109 Å². The summed E-state index contributed by atoms with van der Waals surface area (Å²) >= 11 is 3.39. The van der Waals surface area contributed by atoms with Crippen LogP contribution in [0.3, 0.4) is 0 Å². The van der Waals surface area contributed by atoms with E-state index >= 15 is 0 Å². The number of hydrogen-bond donors (Lipinski definition) is 0. The fraction of sp³-hybridized carbons (Fsp3) is 0.143. The molecule has 0 saturated heterocycles. The van der Waals surface area contributed by atoms with Gasteiger partial charge in [0.2, 0.25) is 6.29 Å². The second kappa shape index (κ2) is 5.84. The Kier molecular flexibility index (Phi) is 4.18. The highest BCUT2D eigenvalue weighted by Crippen LogP contribution is 2.23. The van der Waals surface area contributed by atoms with E-state index in [1.807, 2.05) is 54.6 Å². The lowest BCUT2D eigenvalue weighted by Gasteiger charge is -2.17. The third-order valence-corrected chi connectivity index (χ3v) is 2.87. The lowest BCUT2D eigenvalue weighted by atomic mass is 10.2. The van der Waals surface area contributed by atoms with E-state index in [2.05, 4.69) is 15.9 Å². The summed E-state index contributed by atoms with van der Waals surface area (Å²) in [6.45, 7) is 0. The minimum Gasteiger partial charge on any atom is -0.461 e. The molecule has 0 N–H and O–H groups in total. The molecule has 0 aliphatic carbocycles. The van der Waals surface area contributed by atoms with Crippen molar-refractivity contribution < 1.29 is 9.47 Å². The molecule has 88 valence electrons. The van der Waals surface area contributed by atoms with Crippen LogP contribution in [0.1, 0.15) is 11.9 Å². The number of ether oxygens (including phenoxy) is 2. The van der Waals surface area contributed by atoms with Gasteiger partial charge in [-0.15, -0.1) is 0 Å². The van der Waals surface area contributed by atoms with Gasteiger partial charge in [0.05, 0.1) is 0 Å². The van der Waals surface area contributed by atoms with Crippen LogP contribution in [0.2, 0.25) is 0 Å². The second-order valence-electron chi connectivity index (χ2n) is 3.55. The van der Waals surface area contributed by atoms with Crippen LogP contribution < -0.4 is 4.74 Å². The molecule has 2 rings (SSSR count). The van der Waals surface area contributed by atoms with E-state index in [0.29, 0.717) is 0 Å². The maximum Gasteiger partial charge on any atom is 0.226 e. The van der Waals surface area contributed by atoms with E-state index in [1.54, 1.807) is 7.11 Å². The third kappa shape index (κ3) is 3.32. The lowest BCUT2D eigenvalue weighted by Crippen LogP contribution is -2.09. The van der Waals surface area contributed by atoms with Crippen molar-refractivity contribution in [2.75, 3.05) is 7.11 Å². The number of rotatable bonds is 4. The Bertz CT molecular complexity index is 453. The summed E-state index contributed by atoms with van der Waals surface area (Å²) in [5.41, 5.74) is 0.998. The fourth-order valence-electron chi connectivity index (χ4n) is 1.50. The predicted molar refractivity (Wildman–Crippen MR) is 71.0 cm³/mol. The Hall–Kier alpha value is -1.32. The van der Waals surface area contributed by atoms with Gasteiger partial charge < -0.3 is 9.47 Å². The van der Waals surface area contributed by atoms with Crippen LogP contribution in [0.25, 0.3) is 0 Å². The molecule has 0 heterocycles. The maximum absolute atomic E-state index is 5.76. The average molecular weight is 293 g/mol. The van der Waals surface area contributed by atoms with Gasteiger partial charge in [-0.25, -0.2) is 0 Å². The fourth-order valence-corrected chi connectivity index (χ4v) is 1.76. The van der Waals surface area contributed by atoms with E-state index in [0.717, 1.165) is 15.8 Å². The van der Waals surface area contributed by atoms with Crippen LogP contribution in [0.4, 0.5) is 0 Å². The molecule has 0 saturated carbocycles. The van der Waals surface area contributed by atoms with Gasteiger partial charge in [-0.05, 0) is 24.3 Å². The summed E-state index contributed by atoms with van der Waals surface area (Å²) in [6, 6.07) is 17.5. The van der Waals surface area contributed by atoms with Gasteiger partial charge >= 0.3 is 0 Å². The van der Waals surface area contributed by atoms with Crippen molar-refractivity contribution in [3.63, 3.8) is 0 Å². The smallest absolute Gasteiger partial charge is 0.226 e.